The van der Waals surface area contributed by atoms with Crippen molar-refractivity contribution in [3.63, 3.8) is 0 Å². The number of rotatable bonds is 4. The molecular weight excluding hydrogens is 266 g/mol. The molecule has 4 heteroatoms. The maximum Gasteiger partial charge on any atom is 0.190 e. The SMILES string of the molecule is CCc1nc(N2CCCc3ccccc32)sc1CNC. The Kier molecular flexibility index (Phi) is 4.03. The fraction of sp³-hybridized carbons (Fsp3) is 0.438. The molecule has 20 heavy (non-hydrogen) atoms. The molecule has 3 rings (SSSR count). The molecule has 3 nitrogen and oxygen atoms in total. The number of benzene rings is 1. The van der Waals surface area contributed by atoms with E-state index in [9.17, 15) is 0 Å². The maximum absolute atomic E-state index is 4.87. The van der Waals surface area contributed by atoms with Crippen molar-refractivity contribution in [3.05, 3.63) is 40.4 Å². The molecule has 0 unspecified atom stereocenters. The number of hydrogen-bond acceptors (Lipinski definition) is 4. The van der Waals surface area contributed by atoms with Crippen molar-refractivity contribution in [1.29, 1.82) is 0 Å². The van der Waals surface area contributed by atoms with Gasteiger partial charge in [-0.05, 0) is 37.9 Å². The fourth-order valence-electron chi connectivity index (χ4n) is 2.79. The van der Waals surface area contributed by atoms with Crippen LogP contribution in [0.5, 0.6) is 0 Å². The quantitative estimate of drug-likeness (QED) is 0.932. The number of nitrogens with zero attached hydrogens (tertiary/aromatic N) is 2. The van der Waals surface area contributed by atoms with Crippen LogP contribution in [0.1, 0.15) is 29.5 Å². The van der Waals surface area contributed by atoms with Gasteiger partial charge in [0.1, 0.15) is 0 Å². The lowest BCUT2D eigenvalue weighted by atomic mass is 10.0. The van der Waals surface area contributed by atoms with E-state index in [1.165, 1.54) is 34.7 Å². The zero-order valence-electron chi connectivity index (χ0n) is 12.1. The van der Waals surface area contributed by atoms with Gasteiger partial charge in [0.05, 0.1) is 5.69 Å². The second-order valence-electron chi connectivity index (χ2n) is 5.13. The molecule has 0 bridgehead atoms. The molecule has 1 aromatic carbocycles. The highest BCUT2D eigenvalue weighted by Gasteiger charge is 2.21. The molecule has 0 fully saturated rings. The van der Waals surface area contributed by atoms with E-state index in [0.717, 1.165) is 24.6 Å². The normalized spacial score (nSPS) is 14.4. The summed E-state index contributed by atoms with van der Waals surface area (Å²) in [4.78, 5) is 8.63. The molecule has 0 aliphatic carbocycles. The molecule has 1 aliphatic rings. The summed E-state index contributed by atoms with van der Waals surface area (Å²) in [7, 11) is 2.00. The predicted molar refractivity (Wildman–Crippen MR) is 86.0 cm³/mol. The number of thiazole rings is 1. The van der Waals surface area contributed by atoms with Gasteiger partial charge in [0, 0.05) is 23.7 Å². The second kappa shape index (κ2) is 5.94. The first-order valence-corrected chi connectivity index (χ1v) is 8.13. The third-order valence-electron chi connectivity index (χ3n) is 3.78. The Morgan fingerprint density at radius 1 is 1.35 bits per heavy atom. The molecule has 0 radical (unpaired) electrons. The van der Waals surface area contributed by atoms with Gasteiger partial charge in [-0.2, -0.15) is 0 Å². The van der Waals surface area contributed by atoms with Crippen molar-refractivity contribution in [1.82, 2.24) is 10.3 Å². The lowest BCUT2D eigenvalue weighted by Crippen LogP contribution is -2.24. The summed E-state index contributed by atoms with van der Waals surface area (Å²) in [6.45, 7) is 4.17. The Balaban J connectivity index is 1.98. The monoisotopic (exact) mass is 287 g/mol. The largest absolute Gasteiger partial charge is 0.318 e. The fourth-order valence-corrected chi connectivity index (χ4v) is 3.99. The van der Waals surface area contributed by atoms with Crippen LogP contribution in [-0.2, 0) is 19.4 Å². The molecule has 1 N–H and O–H groups in total. The molecule has 0 saturated heterocycles. The van der Waals surface area contributed by atoms with Crippen LogP contribution in [0.4, 0.5) is 10.8 Å². The van der Waals surface area contributed by atoms with E-state index in [2.05, 4.69) is 41.4 Å². The Hall–Kier alpha value is -1.39. The molecule has 0 atom stereocenters. The zero-order valence-corrected chi connectivity index (χ0v) is 13.0. The summed E-state index contributed by atoms with van der Waals surface area (Å²) in [5.74, 6) is 0. The van der Waals surface area contributed by atoms with Gasteiger partial charge in [-0.1, -0.05) is 36.5 Å². The lowest BCUT2D eigenvalue weighted by Gasteiger charge is -2.28. The van der Waals surface area contributed by atoms with Crippen LogP contribution < -0.4 is 10.2 Å². The summed E-state index contributed by atoms with van der Waals surface area (Å²) < 4.78 is 0. The van der Waals surface area contributed by atoms with Crippen molar-refractivity contribution in [2.24, 2.45) is 0 Å². The van der Waals surface area contributed by atoms with Crippen LogP contribution in [0.3, 0.4) is 0 Å². The topological polar surface area (TPSA) is 28.2 Å². The van der Waals surface area contributed by atoms with Crippen molar-refractivity contribution in [3.8, 4) is 0 Å². The van der Waals surface area contributed by atoms with Crippen LogP contribution in [-0.4, -0.2) is 18.6 Å². The molecule has 1 aromatic heterocycles. The first-order valence-electron chi connectivity index (χ1n) is 7.32. The molecular formula is C16H21N3S. The average molecular weight is 287 g/mol. The summed E-state index contributed by atoms with van der Waals surface area (Å²) >= 11 is 1.83. The van der Waals surface area contributed by atoms with Crippen molar-refractivity contribution in [2.45, 2.75) is 32.7 Å². The van der Waals surface area contributed by atoms with E-state index in [1.54, 1.807) is 0 Å². The number of nitrogens with one attached hydrogen (secondary N) is 1. The average Bonchev–Trinajstić information content (AvgIpc) is 2.90. The number of aryl methyl sites for hydroxylation is 2. The van der Waals surface area contributed by atoms with E-state index >= 15 is 0 Å². The summed E-state index contributed by atoms with van der Waals surface area (Å²) in [5, 5.41) is 4.40. The molecule has 0 spiro atoms. The number of aromatic nitrogens is 1. The second-order valence-corrected chi connectivity index (χ2v) is 6.20. The molecule has 1 aliphatic heterocycles. The van der Waals surface area contributed by atoms with Gasteiger partial charge in [0.15, 0.2) is 5.13 Å². The minimum absolute atomic E-state index is 0.913. The highest BCUT2D eigenvalue weighted by Crippen LogP contribution is 2.36. The van der Waals surface area contributed by atoms with E-state index in [-0.39, 0.29) is 0 Å². The van der Waals surface area contributed by atoms with E-state index in [4.69, 9.17) is 4.98 Å². The van der Waals surface area contributed by atoms with E-state index in [0.29, 0.717) is 0 Å². The lowest BCUT2D eigenvalue weighted by molar-refractivity contribution is 0.763. The molecule has 0 saturated carbocycles. The zero-order chi connectivity index (χ0) is 13.9. The third kappa shape index (κ3) is 2.45. The molecule has 2 heterocycles. The minimum Gasteiger partial charge on any atom is -0.318 e. The molecule has 0 amide bonds. The van der Waals surface area contributed by atoms with Crippen LogP contribution in [0.2, 0.25) is 0 Å². The number of hydrogen-bond donors (Lipinski definition) is 1. The van der Waals surface area contributed by atoms with Crippen LogP contribution in [0.25, 0.3) is 0 Å². The van der Waals surface area contributed by atoms with Crippen molar-refractivity contribution >= 4 is 22.2 Å². The smallest absolute Gasteiger partial charge is 0.190 e. The highest BCUT2D eigenvalue weighted by atomic mass is 32.1. The first kappa shape index (κ1) is 13.6. The van der Waals surface area contributed by atoms with E-state index in [1.807, 2.05) is 18.4 Å². The Morgan fingerprint density at radius 2 is 2.20 bits per heavy atom. The molecule has 106 valence electrons. The summed E-state index contributed by atoms with van der Waals surface area (Å²) in [5.41, 5.74) is 4.02. The third-order valence-corrected chi connectivity index (χ3v) is 4.90. The predicted octanol–water partition coefficient (Wildman–Crippen LogP) is 3.51. The van der Waals surface area contributed by atoms with Gasteiger partial charge in [-0.25, -0.2) is 4.98 Å². The number of fused-ring (bicyclic) bond motifs is 1. The Morgan fingerprint density at radius 3 is 3.00 bits per heavy atom. The summed E-state index contributed by atoms with van der Waals surface area (Å²) in [6, 6.07) is 8.72. The Labute approximate surface area is 124 Å². The number of anilines is 2. The van der Waals surface area contributed by atoms with Crippen LogP contribution >= 0.6 is 11.3 Å². The standard InChI is InChI=1S/C16H21N3S/c1-3-13-15(11-17-2)20-16(18-13)19-10-6-8-12-7-4-5-9-14(12)19/h4-5,7,9,17H,3,6,8,10-11H2,1-2H3. The molecule has 2 aromatic rings. The Bertz CT molecular complexity index is 591. The summed E-state index contributed by atoms with van der Waals surface area (Å²) in [6.07, 6.45) is 3.39. The minimum atomic E-state index is 0.913. The van der Waals surface area contributed by atoms with Gasteiger partial charge >= 0.3 is 0 Å². The van der Waals surface area contributed by atoms with Gasteiger partial charge in [-0.3, -0.25) is 0 Å². The van der Waals surface area contributed by atoms with Crippen molar-refractivity contribution < 1.29 is 0 Å². The highest BCUT2D eigenvalue weighted by molar-refractivity contribution is 7.15. The van der Waals surface area contributed by atoms with Crippen molar-refractivity contribution in [2.75, 3.05) is 18.5 Å². The number of para-hydroxylation sites is 1. The maximum atomic E-state index is 4.87. The van der Waals surface area contributed by atoms with Gasteiger partial charge < -0.3 is 10.2 Å². The van der Waals surface area contributed by atoms with Crippen LogP contribution in [0, 0.1) is 0 Å². The van der Waals surface area contributed by atoms with Gasteiger partial charge in [-0.15, -0.1) is 0 Å². The van der Waals surface area contributed by atoms with Gasteiger partial charge in [0.2, 0.25) is 0 Å². The first-order chi connectivity index (χ1) is 9.83. The van der Waals surface area contributed by atoms with Crippen LogP contribution in [0.15, 0.2) is 24.3 Å². The van der Waals surface area contributed by atoms with E-state index < -0.39 is 0 Å². The van der Waals surface area contributed by atoms with Gasteiger partial charge in [0.25, 0.3) is 0 Å².